The van der Waals surface area contributed by atoms with Gasteiger partial charge in [-0.05, 0) is 44.2 Å². The Balaban J connectivity index is 2.07. The van der Waals surface area contributed by atoms with Crippen LogP contribution >= 0.6 is 11.6 Å². The van der Waals surface area contributed by atoms with Gasteiger partial charge in [-0.15, -0.1) is 0 Å². The summed E-state index contributed by atoms with van der Waals surface area (Å²) in [5, 5.41) is 5.12. The first-order chi connectivity index (χ1) is 12.5. The number of carbonyl (C=O) groups is 1. The van der Waals surface area contributed by atoms with Crippen LogP contribution in [-0.2, 0) is 0 Å². The Kier molecular flexibility index (Phi) is 5.28. The third-order valence-electron chi connectivity index (χ3n) is 3.88. The molecule has 5 nitrogen and oxygen atoms in total. The van der Waals surface area contributed by atoms with Gasteiger partial charge in [0.15, 0.2) is 11.5 Å². The van der Waals surface area contributed by atoms with Gasteiger partial charge >= 0.3 is 0 Å². The van der Waals surface area contributed by atoms with Gasteiger partial charge in [-0.2, -0.15) is 5.10 Å². The highest BCUT2D eigenvalue weighted by Gasteiger charge is 2.22. The number of aromatic nitrogens is 2. The number of carbonyl (C=O) groups excluding carboxylic acids is 1. The Labute approximate surface area is 157 Å². The zero-order valence-electron chi connectivity index (χ0n) is 14.8. The Morgan fingerprint density at radius 3 is 2.73 bits per heavy atom. The van der Waals surface area contributed by atoms with Crippen LogP contribution in [0.5, 0.6) is 0 Å². The van der Waals surface area contributed by atoms with E-state index in [0.717, 1.165) is 11.3 Å². The van der Waals surface area contributed by atoms with Crippen molar-refractivity contribution >= 4 is 17.5 Å². The summed E-state index contributed by atoms with van der Waals surface area (Å²) >= 11 is 6.12. The SMILES string of the molecule is C=C(C)CN(CC)C(=O)c1cc(-c2ccco2)n(-c2cccc(Cl)c2)n1. The number of hydrogen-bond donors (Lipinski definition) is 0. The topological polar surface area (TPSA) is 51.3 Å². The van der Waals surface area contributed by atoms with Crippen molar-refractivity contribution in [3.05, 3.63) is 71.6 Å². The molecule has 3 rings (SSSR count). The summed E-state index contributed by atoms with van der Waals surface area (Å²) in [6.45, 7) is 8.79. The molecule has 0 saturated heterocycles. The zero-order chi connectivity index (χ0) is 18.7. The van der Waals surface area contributed by atoms with E-state index in [0.29, 0.717) is 35.3 Å². The monoisotopic (exact) mass is 369 g/mol. The number of nitrogens with zero attached hydrogens (tertiary/aromatic N) is 3. The number of furan rings is 1. The van der Waals surface area contributed by atoms with Crippen molar-refractivity contribution in [2.45, 2.75) is 13.8 Å². The third kappa shape index (κ3) is 3.73. The van der Waals surface area contributed by atoms with Crippen molar-refractivity contribution in [3.8, 4) is 17.1 Å². The lowest BCUT2D eigenvalue weighted by atomic mass is 10.2. The molecule has 0 fully saturated rings. The van der Waals surface area contributed by atoms with Crippen LogP contribution in [0.15, 0.2) is 65.3 Å². The lowest BCUT2D eigenvalue weighted by Crippen LogP contribution is -2.32. The molecule has 0 spiro atoms. The van der Waals surface area contributed by atoms with Gasteiger partial charge < -0.3 is 9.32 Å². The lowest BCUT2D eigenvalue weighted by molar-refractivity contribution is 0.0772. The summed E-state index contributed by atoms with van der Waals surface area (Å²) in [7, 11) is 0. The second-order valence-corrected chi connectivity index (χ2v) is 6.50. The van der Waals surface area contributed by atoms with Gasteiger partial charge in [-0.3, -0.25) is 4.79 Å². The molecule has 0 aliphatic heterocycles. The molecule has 1 amide bonds. The summed E-state index contributed by atoms with van der Waals surface area (Å²) in [6, 6.07) is 12.7. The quantitative estimate of drug-likeness (QED) is 0.585. The van der Waals surface area contributed by atoms with Crippen LogP contribution in [0.4, 0.5) is 0 Å². The van der Waals surface area contributed by atoms with E-state index in [4.69, 9.17) is 16.0 Å². The number of halogens is 1. The number of rotatable bonds is 6. The van der Waals surface area contributed by atoms with E-state index in [1.807, 2.05) is 32.0 Å². The molecular formula is C20H20ClN3O2. The first kappa shape index (κ1) is 18.0. The van der Waals surface area contributed by atoms with Crippen LogP contribution in [0.1, 0.15) is 24.3 Å². The molecule has 0 aliphatic rings. The predicted molar refractivity (Wildman–Crippen MR) is 103 cm³/mol. The zero-order valence-corrected chi connectivity index (χ0v) is 15.5. The molecule has 26 heavy (non-hydrogen) atoms. The molecule has 0 saturated carbocycles. The minimum Gasteiger partial charge on any atom is -0.463 e. The summed E-state index contributed by atoms with van der Waals surface area (Å²) < 4.78 is 7.20. The number of amides is 1. The van der Waals surface area contributed by atoms with Crippen molar-refractivity contribution < 1.29 is 9.21 Å². The molecule has 2 heterocycles. The van der Waals surface area contributed by atoms with E-state index in [2.05, 4.69) is 11.7 Å². The maximum Gasteiger partial charge on any atom is 0.274 e. The fraction of sp³-hybridized carbons (Fsp3) is 0.200. The van der Waals surface area contributed by atoms with Crippen LogP contribution in [0, 0.1) is 0 Å². The smallest absolute Gasteiger partial charge is 0.274 e. The van der Waals surface area contributed by atoms with Gasteiger partial charge in [0, 0.05) is 24.2 Å². The molecule has 6 heteroatoms. The first-order valence-corrected chi connectivity index (χ1v) is 8.71. The number of likely N-dealkylation sites (N-methyl/N-ethyl adjacent to an activating group) is 1. The lowest BCUT2D eigenvalue weighted by Gasteiger charge is -2.19. The molecule has 134 valence electrons. The van der Waals surface area contributed by atoms with Crippen molar-refractivity contribution in [1.29, 1.82) is 0 Å². The van der Waals surface area contributed by atoms with E-state index < -0.39 is 0 Å². The molecule has 0 unspecified atom stereocenters. The highest BCUT2D eigenvalue weighted by Crippen LogP contribution is 2.26. The van der Waals surface area contributed by atoms with Crippen LogP contribution in [0.25, 0.3) is 17.1 Å². The van der Waals surface area contributed by atoms with E-state index in [-0.39, 0.29) is 5.91 Å². The Morgan fingerprint density at radius 1 is 1.31 bits per heavy atom. The molecular weight excluding hydrogens is 350 g/mol. The third-order valence-corrected chi connectivity index (χ3v) is 4.12. The normalized spacial score (nSPS) is 10.7. The molecule has 0 atom stereocenters. The van der Waals surface area contributed by atoms with Crippen LogP contribution in [0.2, 0.25) is 5.02 Å². The minimum atomic E-state index is -0.149. The molecule has 0 radical (unpaired) electrons. The van der Waals surface area contributed by atoms with Crippen molar-refractivity contribution in [2.75, 3.05) is 13.1 Å². The maximum atomic E-state index is 12.9. The number of benzene rings is 1. The van der Waals surface area contributed by atoms with Gasteiger partial charge in [0.2, 0.25) is 0 Å². The second-order valence-electron chi connectivity index (χ2n) is 6.06. The highest BCUT2D eigenvalue weighted by atomic mass is 35.5. The van der Waals surface area contributed by atoms with E-state index >= 15 is 0 Å². The average molecular weight is 370 g/mol. The Bertz CT molecular complexity index is 928. The Morgan fingerprint density at radius 2 is 2.12 bits per heavy atom. The fourth-order valence-corrected chi connectivity index (χ4v) is 2.89. The van der Waals surface area contributed by atoms with Crippen LogP contribution < -0.4 is 0 Å². The summed E-state index contributed by atoms with van der Waals surface area (Å²) in [5.41, 5.74) is 2.71. The van der Waals surface area contributed by atoms with E-state index in [9.17, 15) is 4.79 Å². The first-order valence-electron chi connectivity index (χ1n) is 8.33. The molecule has 2 aromatic heterocycles. The summed E-state index contributed by atoms with van der Waals surface area (Å²) in [5.74, 6) is 0.476. The highest BCUT2D eigenvalue weighted by molar-refractivity contribution is 6.30. The van der Waals surface area contributed by atoms with Gasteiger partial charge in [0.1, 0.15) is 5.69 Å². The minimum absolute atomic E-state index is 0.149. The average Bonchev–Trinajstić information content (AvgIpc) is 3.28. The number of hydrogen-bond acceptors (Lipinski definition) is 3. The second kappa shape index (κ2) is 7.62. The summed E-state index contributed by atoms with van der Waals surface area (Å²) in [6.07, 6.45) is 1.59. The molecule has 3 aromatic rings. The van der Waals surface area contributed by atoms with Gasteiger partial charge in [-0.25, -0.2) is 4.68 Å². The maximum absolute atomic E-state index is 12.9. The molecule has 1 aromatic carbocycles. The molecule has 0 N–H and O–H groups in total. The molecule has 0 aliphatic carbocycles. The van der Waals surface area contributed by atoms with Gasteiger partial charge in [0.25, 0.3) is 5.91 Å². The van der Waals surface area contributed by atoms with E-state index in [1.54, 1.807) is 40.1 Å². The largest absolute Gasteiger partial charge is 0.463 e. The van der Waals surface area contributed by atoms with Crippen LogP contribution in [-0.4, -0.2) is 33.7 Å². The van der Waals surface area contributed by atoms with Gasteiger partial charge in [-0.1, -0.05) is 29.8 Å². The summed E-state index contributed by atoms with van der Waals surface area (Å²) in [4.78, 5) is 14.6. The molecule has 0 bridgehead atoms. The van der Waals surface area contributed by atoms with Gasteiger partial charge in [0.05, 0.1) is 12.0 Å². The Hall–Kier alpha value is -2.79. The standard InChI is InChI=1S/C20H20ClN3O2/c1-4-23(13-14(2)3)20(25)17-12-18(19-9-6-10-26-19)24(22-17)16-8-5-7-15(21)11-16/h5-12H,2,4,13H2,1,3H3. The van der Waals surface area contributed by atoms with E-state index in [1.165, 1.54) is 0 Å². The fourth-order valence-electron chi connectivity index (χ4n) is 2.71. The van der Waals surface area contributed by atoms with Crippen molar-refractivity contribution in [1.82, 2.24) is 14.7 Å². The van der Waals surface area contributed by atoms with Crippen molar-refractivity contribution in [3.63, 3.8) is 0 Å². The van der Waals surface area contributed by atoms with Crippen LogP contribution in [0.3, 0.4) is 0 Å². The van der Waals surface area contributed by atoms with Crippen molar-refractivity contribution in [2.24, 2.45) is 0 Å². The predicted octanol–water partition coefficient (Wildman–Crippen LogP) is 4.82.